The second-order valence-electron chi connectivity index (χ2n) is 5.08. The van der Waals surface area contributed by atoms with Crippen molar-refractivity contribution in [2.75, 3.05) is 31.6 Å². The summed E-state index contributed by atoms with van der Waals surface area (Å²) in [6.07, 6.45) is 1.50. The van der Waals surface area contributed by atoms with Crippen LogP contribution in [0.25, 0.3) is 0 Å². The minimum atomic E-state index is -3.40. The summed E-state index contributed by atoms with van der Waals surface area (Å²) >= 11 is 0. The SMILES string of the molecule is CCNc1ccc(S(=O)(=O)N2CCC(CCO)C2)cc1. The first-order valence-electron chi connectivity index (χ1n) is 7.03. The summed E-state index contributed by atoms with van der Waals surface area (Å²) in [7, 11) is -3.40. The third kappa shape index (κ3) is 3.31. The van der Waals surface area contributed by atoms with E-state index < -0.39 is 10.0 Å². The molecule has 1 aromatic carbocycles. The average molecular weight is 298 g/mol. The molecule has 0 spiro atoms. The van der Waals surface area contributed by atoms with E-state index in [1.165, 1.54) is 4.31 Å². The average Bonchev–Trinajstić information content (AvgIpc) is 2.90. The van der Waals surface area contributed by atoms with E-state index in [0.29, 0.717) is 24.4 Å². The molecule has 6 heteroatoms. The maximum absolute atomic E-state index is 12.5. The van der Waals surface area contributed by atoms with Gasteiger partial charge in [-0.05, 0) is 49.9 Å². The van der Waals surface area contributed by atoms with Gasteiger partial charge in [-0.2, -0.15) is 4.31 Å². The van der Waals surface area contributed by atoms with Gasteiger partial charge in [0.2, 0.25) is 10.0 Å². The molecule has 0 amide bonds. The summed E-state index contributed by atoms with van der Waals surface area (Å²) < 4.78 is 26.5. The van der Waals surface area contributed by atoms with Crippen molar-refractivity contribution in [3.63, 3.8) is 0 Å². The topological polar surface area (TPSA) is 69.6 Å². The van der Waals surface area contributed by atoms with Gasteiger partial charge in [-0.1, -0.05) is 0 Å². The van der Waals surface area contributed by atoms with E-state index >= 15 is 0 Å². The van der Waals surface area contributed by atoms with Gasteiger partial charge in [0.05, 0.1) is 4.90 Å². The van der Waals surface area contributed by atoms with Gasteiger partial charge in [0.25, 0.3) is 0 Å². The molecule has 1 aliphatic heterocycles. The van der Waals surface area contributed by atoms with E-state index in [1.54, 1.807) is 24.3 Å². The minimum absolute atomic E-state index is 0.121. The number of anilines is 1. The fourth-order valence-electron chi connectivity index (χ4n) is 2.53. The van der Waals surface area contributed by atoms with Crippen molar-refractivity contribution in [2.45, 2.75) is 24.7 Å². The van der Waals surface area contributed by atoms with Crippen molar-refractivity contribution in [3.8, 4) is 0 Å². The number of benzene rings is 1. The van der Waals surface area contributed by atoms with Crippen LogP contribution in [0.1, 0.15) is 19.8 Å². The predicted octanol–water partition coefficient (Wildman–Crippen LogP) is 1.51. The van der Waals surface area contributed by atoms with E-state index in [1.807, 2.05) is 6.92 Å². The molecule has 5 nitrogen and oxygen atoms in total. The van der Waals surface area contributed by atoms with Gasteiger partial charge in [0.15, 0.2) is 0 Å². The van der Waals surface area contributed by atoms with Crippen molar-refractivity contribution in [2.24, 2.45) is 5.92 Å². The van der Waals surface area contributed by atoms with Crippen LogP contribution in [-0.2, 0) is 10.0 Å². The fraction of sp³-hybridized carbons (Fsp3) is 0.571. The summed E-state index contributed by atoms with van der Waals surface area (Å²) in [6, 6.07) is 6.87. The Bertz CT molecular complexity index is 528. The Morgan fingerprint density at radius 3 is 2.65 bits per heavy atom. The van der Waals surface area contributed by atoms with E-state index in [9.17, 15) is 8.42 Å². The highest BCUT2D eigenvalue weighted by molar-refractivity contribution is 7.89. The molecule has 1 aliphatic rings. The molecule has 0 aromatic heterocycles. The van der Waals surface area contributed by atoms with Crippen LogP contribution in [0.3, 0.4) is 0 Å². The second kappa shape index (κ2) is 6.56. The van der Waals surface area contributed by atoms with E-state index in [0.717, 1.165) is 18.7 Å². The van der Waals surface area contributed by atoms with E-state index in [-0.39, 0.29) is 12.5 Å². The van der Waals surface area contributed by atoms with Gasteiger partial charge >= 0.3 is 0 Å². The first-order valence-corrected chi connectivity index (χ1v) is 8.47. The molecule has 1 fully saturated rings. The Hall–Kier alpha value is -1.11. The Morgan fingerprint density at radius 2 is 2.05 bits per heavy atom. The highest BCUT2D eigenvalue weighted by Crippen LogP contribution is 2.26. The normalized spacial score (nSPS) is 20.2. The molecule has 0 bridgehead atoms. The summed E-state index contributed by atoms with van der Waals surface area (Å²) in [4.78, 5) is 0.337. The second-order valence-corrected chi connectivity index (χ2v) is 7.02. The van der Waals surface area contributed by atoms with Gasteiger partial charge in [0.1, 0.15) is 0 Å². The zero-order chi connectivity index (χ0) is 14.6. The molecule has 1 saturated heterocycles. The first-order chi connectivity index (χ1) is 9.57. The highest BCUT2D eigenvalue weighted by atomic mass is 32.2. The summed E-state index contributed by atoms with van der Waals surface area (Å²) in [5.74, 6) is 0.274. The molecule has 1 atom stereocenters. The molecule has 2 N–H and O–H groups in total. The maximum Gasteiger partial charge on any atom is 0.243 e. The zero-order valence-corrected chi connectivity index (χ0v) is 12.6. The Morgan fingerprint density at radius 1 is 1.35 bits per heavy atom. The fourth-order valence-corrected chi connectivity index (χ4v) is 4.06. The lowest BCUT2D eigenvalue weighted by molar-refractivity contribution is 0.259. The molecule has 0 aliphatic carbocycles. The van der Waals surface area contributed by atoms with Crippen molar-refractivity contribution < 1.29 is 13.5 Å². The van der Waals surface area contributed by atoms with Crippen LogP contribution in [0, 0.1) is 5.92 Å². The summed E-state index contributed by atoms with van der Waals surface area (Å²) in [5.41, 5.74) is 0.922. The molecule has 2 rings (SSSR count). The summed E-state index contributed by atoms with van der Waals surface area (Å²) in [6.45, 7) is 3.98. The van der Waals surface area contributed by atoms with E-state index in [2.05, 4.69) is 5.32 Å². The first kappa shape index (κ1) is 15.3. The molecule has 0 saturated carbocycles. The quantitative estimate of drug-likeness (QED) is 0.835. The lowest BCUT2D eigenvalue weighted by Gasteiger charge is -2.17. The van der Waals surface area contributed by atoms with E-state index in [4.69, 9.17) is 5.11 Å². The molecule has 1 heterocycles. The zero-order valence-electron chi connectivity index (χ0n) is 11.7. The van der Waals surface area contributed by atoms with Crippen molar-refractivity contribution in [3.05, 3.63) is 24.3 Å². The molecule has 1 aromatic rings. The lowest BCUT2D eigenvalue weighted by atomic mass is 10.1. The molecule has 1 unspecified atom stereocenters. The third-order valence-corrected chi connectivity index (χ3v) is 5.54. The predicted molar refractivity (Wildman–Crippen MR) is 79.2 cm³/mol. The Kier molecular flexibility index (Phi) is 5.01. The molecule has 0 radical (unpaired) electrons. The van der Waals surface area contributed by atoms with Crippen LogP contribution in [0.5, 0.6) is 0 Å². The molecule has 20 heavy (non-hydrogen) atoms. The van der Waals surface area contributed by atoms with Gasteiger partial charge in [-0.15, -0.1) is 0 Å². The Labute approximate surface area is 120 Å². The number of hydrogen-bond donors (Lipinski definition) is 2. The molecular weight excluding hydrogens is 276 g/mol. The largest absolute Gasteiger partial charge is 0.396 e. The van der Waals surface area contributed by atoms with Crippen molar-refractivity contribution >= 4 is 15.7 Å². The lowest BCUT2D eigenvalue weighted by Crippen LogP contribution is -2.29. The van der Waals surface area contributed by atoms with Crippen LogP contribution in [0.4, 0.5) is 5.69 Å². The van der Waals surface area contributed by atoms with Crippen LogP contribution in [0.15, 0.2) is 29.2 Å². The van der Waals surface area contributed by atoms with Crippen LogP contribution in [-0.4, -0.2) is 44.1 Å². The van der Waals surface area contributed by atoms with Crippen LogP contribution >= 0.6 is 0 Å². The Balaban J connectivity index is 2.10. The molecular formula is C14H22N2O3S. The van der Waals surface area contributed by atoms with Gasteiger partial charge in [-0.3, -0.25) is 0 Å². The van der Waals surface area contributed by atoms with Crippen molar-refractivity contribution in [1.29, 1.82) is 0 Å². The molecule has 112 valence electrons. The number of nitrogens with one attached hydrogen (secondary N) is 1. The number of sulfonamides is 1. The monoisotopic (exact) mass is 298 g/mol. The third-order valence-electron chi connectivity index (χ3n) is 3.66. The number of nitrogens with zero attached hydrogens (tertiary/aromatic N) is 1. The summed E-state index contributed by atoms with van der Waals surface area (Å²) in [5, 5.41) is 12.1. The highest BCUT2D eigenvalue weighted by Gasteiger charge is 2.32. The minimum Gasteiger partial charge on any atom is -0.396 e. The number of rotatable bonds is 6. The van der Waals surface area contributed by atoms with Crippen LogP contribution < -0.4 is 5.32 Å². The standard InChI is InChI=1S/C14H22N2O3S/c1-2-15-13-3-5-14(6-4-13)20(18,19)16-9-7-12(11-16)8-10-17/h3-6,12,15,17H,2,7-11H2,1H3. The van der Waals surface area contributed by atoms with Gasteiger partial charge in [0, 0.05) is 31.9 Å². The number of hydrogen-bond acceptors (Lipinski definition) is 4. The maximum atomic E-state index is 12.5. The van der Waals surface area contributed by atoms with Gasteiger partial charge in [-0.25, -0.2) is 8.42 Å². The number of aliphatic hydroxyl groups is 1. The number of aliphatic hydroxyl groups excluding tert-OH is 1. The smallest absolute Gasteiger partial charge is 0.243 e. The van der Waals surface area contributed by atoms with Gasteiger partial charge < -0.3 is 10.4 Å². The van der Waals surface area contributed by atoms with Crippen LogP contribution in [0.2, 0.25) is 0 Å². The van der Waals surface area contributed by atoms with Crippen molar-refractivity contribution in [1.82, 2.24) is 4.31 Å².